The molecule has 20 heavy (non-hydrogen) atoms. The highest BCUT2D eigenvalue weighted by Gasteiger charge is 2.15. The maximum absolute atomic E-state index is 5.95. The summed E-state index contributed by atoms with van der Waals surface area (Å²) in [4.78, 5) is 4.31. The Balaban J connectivity index is 2.12. The fraction of sp³-hybridized carbons (Fsp3) is 0.118. The van der Waals surface area contributed by atoms with E-state index in [-0.39, 0.29) is 5.35 Å². The quantitative estimate of drug-likeness (QED) is 0.639. The molecule has 1 aromatic heterocycles. The Labute approximate surface area is 123 Å². The first-order valence-corrected chi connectivity index (χ1v) is 6.82. The summed E-state index contributed by atoms with van der Waals surface area (Å²) in [6.45, 7) is 4.11. The highest BCUT2D eigenvalue weighted by Crippen LogP contribution is 2.34. The molecule has 0 amide bonds. The van der Waals surface area contributed by atoms with Crippen molar-refractivity contribution in [2.75, 3.05) is 0 Å². The van der Waals surface area contributed by atoms with E-state index in [1.807, 2.05) is 36.4 Å². The summed E-state index contributed by atoms with van der Waals surface area (Å²) in [7, 11) is 0. The van der Waals surface area contributed by atoms with Crippen LogP contribution in [-0.2, 0) is 0 Å². The molecular weight excluding hydrogens is 270 g/mol. The van der Waals surface area contributed by atoms with Gasteiger partial charge in [-0.05, 0) is 25.4 Å². The predicted octanol–water partition coefficient (Wildman–Crippen LogP) is 5.28. The summed E-state index contributed by atoms with van der Waals surface area (Å²) < 4.78 is 5.58. The highest BCUT2D eigenvalue weighted by molar-refractivity contribution is 6.28. The van der Waals surface area contributed by atoms with Gasteiger partial charge in [-0.1, -0.05) is 59.7 Å². The number of benzene rings is 2. The standard InChI is InChI=1S/C17H14ClNO/c1-11-3-7-13(8-4-11)15-16(20-17(18)19-15)14-9-5-12(2)6-10-14/h3-10H,1-2H3. The highest BCUT2D eigenvalue weighted by atomic mass is 35.5. The van der Waals surface area contributed by atoms with Crippen LogP contribution in [0.15, 0.2) is 52.9 Å². The second-order valence-corrected chi connectivity index (χ2v) is 5.20. The third-order valence-corrected chi connectivity index (χ3v) is 3.40. The van der Waals surface area contributed by atoms with E-state index < -0.39 is 0 Å². The molecule has 0 fully saturated rings. The Kier molecular flexibility index (Phi) is 3.33. The average molecular weight is 284 g/mol. The smallest absolute Gasteiger partial charge is 0.293 e. The van der Waals surface area contributed by atoms with Crippen molar-refractivity contribution in [1.29, 1.82) is 0 Å². The van der Waals surface area contributed by atoms with Crippen molar-refractivity contribution >= 4 is 11.6 Å². The molecule has 1 heterocycles. The molecule has 0 saturated carbocycles. The van der Waals surface area contributed by atoms with Crippen molar-refractivity contribution in [2.24, 2.45) is 0 Å². The van der Waals surface area contributed by atoms with Crippen LogP contribution in [0.1, 0.15) is 11.1 Å². The minimum absolute atomic E-state index is 0.163. The molecule has 100 valence electrons. The molecular formula is C17H14ClNO. The molecule has 3 aromatic rings. The van der Waals surface area contributed by atoms with Gasteiger partial charge in [0, 0.05) is 11.1 Å². The lowest BCUT2D eigenvalue weighted by atomic mass is 10.0. The largest absolute Gasteiger partial charge is 0.427 e. The van der Waals surface area contributed by atoms with Gasteiger partial charge in [0.05, 0.1) is 0 Å². The molecule has 0 N–H and O–H groups in total. The molecule has 0 spiro atoms. The van der Waals surface area contributed by atoms with Crippen molar-refractivity contribution < 1.29 is 4.42 Å². The van der Waals surface area contributed by atoms with E-state index in [4.69, 9.17) is 16.0 Å². The Hall–Kier alpha value is -2.06. The van der Waals surface area contributed by atoms with E-state index in [0.29, 0.717) is 5.76 Å². The molecule has 3 rings (SSSR count). The van der Waals surface area contributed by atoms with Gasteiger partial charge in [0.2, 0.25) is 0 Å². The van der Waals surface area contributed by atoms with Gasteiger partial charge >= 0.3 is 0 Å². The summed E-state index contributed by atoms with van der Waals surface area (Å²) >= 11 is 5.95. The second-order valence-electron chi connectivity index (χ2n) is 4.88. The van der Waals surface area contributed by atoms with Crippen molar-refractivity contribution in [3.8, 4) is 22.6 Å². The molecule has 0 saturated heterocycles. The minimum Gasteiger partial charge on any atom is -0.427 e. The van der Waals surface area contributed by atoms with Crippen molar-refractivity contribution in [1.82, 2.24) is 4.98 Å². The summed E-state index contributed by atoms with van der Waals surface area (Å²) in [5.41, 5.74) is 5.17. The van der Waals surface area contributed by atoms with Gasteiger partial charge < -0.3 is 4.42 Å². The maximum Gasteiger partial charge on any atom is 0.293 e. The molecule has 2 nitrogen and oxygen atoms in total. The van der Waals surface area contributed by atoms with Crippen LogP contribution in [0.4, 0.5) is 0 Å². The van der Waals surface area contributed by atoms with Gasteiger partial charge in [-0.2, -0.15) is 4.98 Å². The van der Waals surface area contributed by atoms with Gasteiger partial charge in [-0.25, -0.2) is 0 Å². The summed E-state index contributed by atoms with van der Waals surface area (Å²) in [6.07, 6.45) is 0. The van der Waals surface area contributed by atoms with Crippen LogP contribution >= 0.6 is 11.6 Å². The van der Waals surface area contributed by atoms with Crippen LogP contribution < -0.4 is 0 Å². The summed E-state index contributed by atoms with van der Waals surface area (Å²) in [5, 5.41) is 0.163. The Bertz CT molecular complexity index is 664. The topological polar surface area (TPSA) is 26.0 Å². The Morgan fingerprint density at radius 3 is 1.85 bits per heavy atom. The zero-order chi connectivity index (χ0) is 14.1. The van der Waals surface area contributed by atoms with Gasteiger partial charge in [0.25, 0.3) is 5.35 Å². The summed E-state index contributed by atoms with van der Waals surface area (Å²) in [5.74, 6) is 0.707. The van der Waals surface area contributed by atoms with E-state index in [1.54, 1.807) is 0 Å². The molecule has 0 aliphatic rings. The van der Waals surface area contributed by atoms with E-state index in [1.165, 1.54) is 11.1 Å². The molecule has 0 unspecified atom stereocenters. The van der Waals surface area contributed by atoms with Crippen LogP contribution in [0.5, 0.6) is 0 Å². The zero-order valence-electron chi connectivity index (χ0n) is 11.4. The molecule has 3 heteroatoms. The Morgan fingerprint density at radius 1 is 0.800 bits per heavy atom. The number of aromatic nitrogens is 1. The summed E-state index contributed by atoms with van der Waals surface area (Å²) in [6, 6.07) is 16.3. The number of nitrogens with zero attached hydrogens (tertiary/aromatic N) is 1. The average Bonchev–Trinajstić information content (AvgIpc) is 2.82. The lowest BCUT2D eigenvalue weighted by Gasteiger charge is -2.02. The predicted molar refractivity (Wildman–Crippen MR) is 81.9 cm³/mol. The third kappa shape index (κ3) is 2.47. The van der Waals surface area contributed by atoms with Crippen molar-refractivity contribution in [3.63, 3.8) is 0 Å². The third-order valence-electron chi connectivity index (χ3n) is 3.24. The van der Waals surface area contributed by atoms with Gasteiger partial charge in [0.1, 0.15) is 5.69 Å². The van der Waals surface area contributed by atoms with E-state index in [9.17, 15) is 0 Å². The zero-order valence-corrected chi connectivity index (χ0v) is 12.1. The van der Waals surface area contributed by atoms with Gasteiger partial charge in [-0.15, -0.1) is 0 Å². The van der Waals surface area contributed by atoms with E-state index in [2.05, 4.69) is 31.0 Å². The van der Waals surface area contributed by atoms with Gasteiger partial charge in [0.15, 0.2) is 5.76 Å². The number of halogens is 1. The van der Waals surface area contributed by atoms with Crippen LogP contribution in [0.2, 0.25) is 5.35 Å². The number of rotatable bonds is 2. The van der Waals surface area contributed by atoms with Crippen LogP contribution in [0.3, 0.4) is 0 Å². The normalized spacial score (nSPS) is 10.8. The fourth-order valence-electron chi connectivity index (χ4n) is 2.10. The Morgan fingerprint density at radius 2 is 1.30 bits per heavy atom. The monoisotopic (exact) mass is 283 g/mol. The molecule has 0 radical (unpaired) electrons. The van der Waals surface area contributed by atoms with Crippen molar-refractivity contribution in [3.05, 3.63) is 65.0 Å². The first-order chi connectivity index (χ1) is 9.63. The van der Waals surface area contributed by atoms with Crippen LogP contribution in [-0.4, -0.2) is 4.98 Å². The molecule has 0 aliphatic carbocycles. The lowest BCUT2D eigenvalue weighted by molar-refractivity contribution is 0.574. The molecule has 0 atom stereocenters. The number of oxazole rings is 1. The van der Waals surface area contributed by atoms with E-state index >= 15 is 0 Å². The van der Waals surface area contributed by atoms with Crippen LogP contribution in [0, 0.1) is 13.8 Å². The van der Waals surface area contributed by atoms with Crippen LogP contribution in [0.25, 0.3) is 22.6 Å². The molecule has 0 aliphatic heterocycles. The first-order valence-electron chi connectivity index (χ1n) is 6.44. The minimum atomic E-state index is 0.163. The maximum atomic E-state index is 5.95. The number of hydrogen-bond donors (Lipinski definition) is 0. The molecule has 0 bridgehead atoms. The first kappa shape index (κ1) is 12.9. The molecule has 2 aromatic carbocycles. The fourth-order valence-corrected chi connectivity index (χ4v) is 2.26. The number of hydrogen-bond acceptors (Lipinski definition) is 2. The SMILES string of the molecule is Cc1ccc(-c2nc(Cl)oc2-c2ccc(C)cc2)cc1. The van der Waals surface area contributed by atoms with E-state index in [0.717, 1.165) is 16.8 Å². The number of aryl methyl sites for hydroxylation is 2. The second kappa shape index (κ2) is 5.14. The van der Waals surface area contributed by atoms with Gasteiger partial charge in [-0.3, -0.25) is 0 Å². The lowest BCUT2D eigenvalue weighted by Crippen LogP contribution is -1.83. The van der Waals surface area contributed by atoms with Crippen molar-refractivity contribution in [2.45, 2.75) is 13.8 Å².